The zero-order valence-electron chi connectivity index (χ0n) is 17.5. The lowest BCUT2D eigenvalue weighted by Crippen LogP contribution is -2.31. The summed E-state index contributed by atoms with van der Waals surface area (Å²) in [6.07, 6.45) is 0. The Kier molecular flexibility index (Phi) is 4.95. The first-order valence-electron chi connectivity index (χ1n) is 10.3. The van der Waals surface area contributed by atoms with Crippen LogP contribution in [0.15, 0.2) is 72.8 Å². The van der Waals surface area contributed by atoms with E-state index in [-0.39, 0.29) is 34.9 Å². The number of anilines is 1. The second-order valence-corrected chi connectivity index (χ2v) is 8.18. The van der Waals surface area contributed by atoms with Crippen LogP contribution < -0.4 is 4.90 Å². The van der Waals surface area contributed by atoms with Gasteiger partial charge in [-0.2, -0.15) is 0 Å². The van der Waals surface area contributed by atoms with E-state index in [0.29, 0.717) is 27.9 Å². The van der Waals surface area contributed by atoms with Gasteiger partial charge in [0.1, 0.15) is 0 Å². The van der Waals surface area contributed by atoms with E-state index in [2.05, 4.69) is 0 Å². The van der Waals surface area contributed by atoms with Crippen LogP contribution in [0, 0.1) is 0 Å². The van der Waals surface area contributed by atoms with Gasteiger partial charge in [-0.1, -0.05) is 66.2 Å². The normalized spacial score (nSPS) is 16.2. The van der Waals surface area contributed by atoms with Crippen molar-refractivity contribution in [2.45, 2.75) is 13.5 Å². The molecule has 0 radical (unpaired) electrons. The van der Waals surface area contributed by atoms with Crippen molar-refractivity contribution in [1.82, 2.24) is 4.90 Å². The number of hydrogen-bond acceptors (Lipinski definition) is 4. The number of nitrogens with zero attached hydrogens (tertiary/aromatic N) is 2. The maximum Gasteiger partial charge on any atom is 0.267 e. The van der Waals surface area contributed by atoms with E-state index in [9.17, 15) is 19.2 Å². The van der Waals surface area contributed by atoms with Gasteiger partial charge in [0.05, 0.1) is 34.0 Å². The lowest BCUT2D eigenvalue weighted by atomic mass is 10.0. The molecule has 2 heterocycles. The quantitative estimate of drug-likeness (QED) is 0.430. The summed E-state index contributed by atoms with van der Waals surface area (Å²) < 4.78 is 0. The number of fused-ring (bicyclic) bond motifs is 2. The van der Waals surface area contributed by atoms with E-state index < -0.39 is 5.91 Å². The fourth-order valence-electron chi connectivity index (χ4n) is 4.21. The fraction of sp³-hybridized carbons (Fsp3) is 0.0769. The van der Waals surface area contributed by atoms with Crippen molar-refractivity contribution in [2.75, 3.05) is 4.90 Å². The first-order chi connectivity index (χ1) is 15.9. The molecule has 162 valence electrons. The molecule has 4 amide bonds. The topological polar surface area (TPSA) is 74.8 Å². The van der Waals surface area contributed by atoms with Gasteiger partial charge in [0, 0.05) is 12.5 Å². The molecule has 0 unspecified atom stereocenters. The minimum absolute atomic E-state index is 0.126. The maximum absolute atomic E-state index is 13.0. The second kappa shape index (κ2) is 7.83. The number of imide groups is 2. The predicted molar refractivity (Wildman–Crippen MR) is 124 cm³/mol. The van der Waals surface area contributed by atoms with Crippen molar-refractivity contribution in [3.63, 3.8) is 0 Å². The van der Waals surface area contributed by atoms with E-state index in [0.717, 1.165) is 10.5 Å². The van der Waals surface area contributed by atoms with Crippen LogP contribution in [0.5, 0.6) is 0 Å². The highest BCUT2D eigenvalue weighted by molar-refractivity contribution is 6.60. The van der Waals surface area contributed by atoms with Crippen molar-refractivity contribution in [2.24, 2.45) is 0 Å². The summed E-state index contributed by atoms with van der Waals surface area (Å²) in [5, 5.41) is 0.225. The highest BCUT2D eigenvalue weighted by atomic mass is 35.5. The molecule has 0 fully saturated rings. The summed E-state index contributed by atoms with van der Waals surface area (Å²) in [7, 11) is 0. The number of carbonyl (C=O) groups is 4. The highest BCUT2D eigenvalue weighted by Gasteiger charge is 2.37. The molecule has 0 aromatic heterocycles. The van der Waals surface area contributed by atoms with Crippen molar-refractivity contribution in [3.8, 4) is 0 Å². The number of para-hydroxylation sites is 1. The molecule has 6 nitrogen and oxygen atoms in total. The summed E-state index contributed by atoms with van der Waals surface area (Å²) in [5.41, 5.74) is 3.50. The third-order valence-electron chi connectivity index (χ3n) is 5.79. The summed E-state index contributed by atoms with van der Waals surface area (Å²) in [6, 6.07) is 20.7. The average Bonchev–Trinajstić information content (AvgIpc) is 3.25. The number of rotatable bonds is 3. The lowest BCUT2D eigenvalue weighted by Gasteiger charge is -2.14. The van der Waals surface area contributed by atoms with Gasteiger partial charge >= 0.3 is 0 Å². The number of halogens is 1. The molecule has 2 aliphatic rings. The number of carbonyl (C=O) groups excluding carboxylic acids is 4. The molecule has 2 aliphatic heterocycles. The van der Waals surface area contributed by atoms with Gasteiger partial charge < -0.3 is 0 Å². The Hall–Kier alpha value is -4.03. The van der Waals surface area contributed by atoms with Crippen LogP contribution in [0.3, 0.4) is 0 Å². The van der Waals surface area contributed by atoms with Crippen LogP contribution in [0.2, 0.25) is 0 Å². The molecule has 3 aromatic carbocycles. The third-order valence-corrected chi connectivity index (χ3v) is 6.20. The standard InChI is InChI=1S/C26H17ClN2O4/c1-15(30)29-21-9-5-4-8-20(21)22(26(29)33)23(27)17-12-10-16(11-13-17)14-28-24(31)18-6-2-3-7-19(18)25(28)32/h2-13H,14H2,1H3/b23-22+. The Morgan fingerprint density at radius 2 is 1.30 bits per heavy atom. The van der Waals surface area contributed by atoms with Gasteiger partial charge in [0.25, 0.3) is 17.7 Å². The van der Waals surface area contributed by atoms with Crippen molar-refractivity contribution in [1.29, 1.82) is 0 Å². The Morgan fingerprint density at radius 1 is 0.758 bits per heavy atom. The van der Waals surface area contributed by atoms with Crippen LogP contribution in [0.1, 0.15) is 44.3 Å². The third kappa shape index (κ3) is 3.27. The SMILES string of the molecule is CC(=O)N1C(=O)/C(=C(/Cl)c2ccc(CN3C(=O)c4ccccc4C3=O)cc2)c2ccccc21. The first-order valence-corrected chi connectivity index (χ1v) is 10.6. The van der Waals surface area contributed by atoms with Crippen molar-refractivity contribution in [3.05, 3.63) is 101 Å². The summed E-state index contributed by atoms with van der Waals surface area (Å²) in [6.45, 7) is 1.46. The monoisotopic (exact) mass is 456 g/mol. The molecule has 0 saturated carbocycles. The van der Waals surface area contributed by atoms with E-state index in [4.69, 9.17) is 11.6 Å². The summed E-state index contributed by atoms with van der Waals surface area (Å²) in [5.74, 6) is -1.50. The van der Waals surface area contributed by atoms with Crippen molar-refractivity contribution < 1.29 is 19.2 Å². The Balaban J connectivity index is 1.44. The van der Waals surface area contributed by atoms with Crippen molar-refractivity contribution >= 4 is 51.5 Å². The van der Waals surface area contributed by atoms with Crippen LogP contribution in [0.4, 0.5) is 5.69 Å². The molecule has 0 bridgehead atoms. The molecule has 0 saturated heterocycles. The molecule has 0 spiro atoms. The zero-order valence-corrected chi connectivity index (χ0v) is 18.3. The number of hydrogen-bond donors (Lipinski definition) is 0. The molecule has 0 N–H and O–H groups in total. The van der Waals surface area contributed by atoms with Gasteiger partial charge in [-0.25, -0.2) is 4.90 Å². The molecular weight excluding hydrogens is 440 g/mol. The first kappa shape index (κ1) is 20.8. The van der Waals surface area contributed by atoms with E-state index in [1.165, 1.54) is 11.8 Å². The lowest BCUT2D eigenvalue weighted by molar-refractivity contribution is -0.122. The van der Waals surface area contributed by atoms with Gasteiger partial charge in [0.2, 0.25) is 5.91 Å². The highest BCUT2D eigenvalue weighted by Crippen LogP contribution is 2.42. The van der Waals surface area contributed by atoms with Crippen LogP contribution in [-0.2, 0) is 16.1 Å². The minimum Gasteiger partial charge on any atom is -0.274 e. The summed E-state index contributed by atoms with van der Waals surface area (Å²) >= 11 is 6.64. The molecule has 3 aromatic rings. The molecule has 0 atom stereocenters. The van der Waals surface area contributed by atoms with E-state index >= 15 is 0 Å². The number of amides is 4. The van der Waals surface area contributed by atoms with Gasteiger partial charge in [-0.15, -0.1) is 0 Å². The zero-order chi connectivity index (χ0) is 23.3. The molecule has 33 heavy (non-hydrogen) atoms. The Morgan fingerprint density at radius 3 is 1.88 bits per heavy atom. The molecular formula is C26H17ClN2O4. The fourth-order valence-corrected chi connectivity index (χ4v) is 4.52. The molecule has 5 rings (SSSR count). The molecule has 0 aliphatic carbocycles. The largest absolute Gasteiger partial charge is 0.274 e. The maximum atomic E-state index is 13.0. The Labute approximate surface area is 194 Å². The second-order valence-electron chi connectivity index (χ2n) is 7.80. The number of benzene rings is 3. The Bertz CT molecular complexity index is 1360. The van der Waals surface area contributed by atoms with Gasteiger partial charge in [0.15, 0.2) is 0 Å². The summed E-state index contributed by atoms with van der Waals surface area (Å²) in [4.78, 5) is 52.6. The van der Waals surface area contributed by atoms with Gasteiger partial charge in [-0.05, 0) is 29.3 Å². The predicted octanol–water partition coefficient (Wildman–Crippen LogP) is 4.48. The van der Waals surface area contributed by atoms with E-state index in [1.807, 2.05) is 0 Å². The van der Waals surface area contributed by atoms with Gasteiger partial charge in [-0.3, -0.25) is 24.1 Å². The molecule has 7 heteroatoms. The van der Waals surface area contributed by atoms with Crippen LogP contribution >= 0.6 is 11.6 Å². The van der Waals surface area contributed by atoms with Crippen LogP contribution in [0.25, 0.3) is 10.6 Å². The van der Waals surface area contributed by atoms with E-state index in [1.54, 1.807) is 72.8 Å². The average molecular weight is 457 g/mol. The smallest absolute Gasteiger partial charge is 0.267 e. The minimum atomic E-state index is -0.469. The van der Waals surface area contributed by atoms with Crippen LogP contribution in [-0.4, -0.2) is 28.5 Å².